The molecule has 2 amide bonds. The number of alkyl carbamates (subject to hydrolysis) is 1. The van der Waals surface area contributed by atoms with Gasteiger partial charge in [-0.3, -0.25) is 4.90 Å². The van der Waals surface area contributed by atoms with Crippen molar-refractivity contribution in [1.29, 1.82) is 0 Å². The van der Waals surface area contributed by atoms with Gasteiger partial charge >= 0.3 is 18.2 Å². The van der Waals surface area contributed by atoms with Crippen LogP contribution in [0.25, 0.3) is 11.1 Å². The molecule has 2 aliphatic rings. The molecule has 0 spiro atoms. The number of aliphatic carboxylic acids is 1. The molecule has 33 heavy (non-hydrogen) atoms. The van der Waals surface area contributed by atoms with E-state index in [9.17, 15) is 19.5 Å². The van der Waals surface area contributed by atoms with E-state index in [0.717, 1.165) is 27.2 Å². The van der Waals surface area contributed by atoms with E-state index in [1.54, 1.807) is 20.8 Å². The third-order valence-corrected chi connectivity index (χ3v) is 5.82. The fraction of sp³-hybridized carbons (Fsp3) is 0.400. The maximum absolute atomic E-state index is 13.0. The number of hydrogen-bond donors (Lipinski definition) is 2. The number of hydrogen-bond acceptors (Lipinski definition) is 5. The Hall–Kier alpha value is -3.55. The van der Waals surface area contributed by atoms with Crippen molar-refractivity contribution in [3.8, 4) is 11.1 Å². The Morgan fingerprint density at radius 2 is 1.67 bits per heavy atom. The molecule has 0 saturated carbocycles. The smallest absolute Gasteiger partial charge is 0.410 e. The molecule has 2 N–H and O–H groups in total. The molecule has 0 unspecified atom stereocenters. The van der Waals surface area contributed by atoms with Gasteiger partial charge in [0.1, 0.15) is 18.2 Å². The van der Waals surface area contributed by atoms with E-state index in [4.69, 9.17) is 10.9 Å². The Morgan fingerprint density at radius 1 is 1.09 bits per heavy atom. The first-order chi connectivity index (χ1) is 16.1. The summed E-state index contributed by atoms with van der Waals surface area (Å²) < 4.78 is 18.9. The number of carboxylic acids is 1. The zero-order valence-electron chi connectivity index (χ0n) is 19.9. The Morgan fingerprint density at radius 3 is 2.21 bits per heavy atom. The Bertz CT molecular complexity index is 1070. The number of fused-ring (bicyclic) bond motifs is 3. The lowest BCUT2D eigenvalue weighted by molar-refractivity contribution is -0.141. The van der Waals surface area contributed by atoms with E-state index >= 15 is 0 Å². The Kier molecular flexibility index (Phi) is 5.66. The first-order valence-electron chi connectivity index (χ1n) is 11.4. The molecule has 0 aromatic heterocycles. The number of carbonyl (C=O) groups is 3. The van der Waals surface area contributed by atoms with Gasteiger partial charge in [-0.15, -0.1) is 0 Å². The predicted molar refractivity (Wildman–Crippen MR) is 121 cm³/mol. The minimum Gasteiger partial charge on any atom is -0.480 e. The number of nitrogens with zero attached hydrogens (tertiary/aromatic N) is 1. The summed E-state index contributed by atoms with van der Waals surface area (Å²) in [5, 5.41) is 10.3. The molecule has 1 heterocycles. The zero-order chi connectivity index (χ0) is 24.6. The van der Waals surface area contributed by atoms with Crippen LogP contribution in [0.3, 0.4) is 0 Å². The standard InChI is InChI=1S/C25H28N2O6/c1-25(2,3)33-23(30)26-15-12-21(22(28)29)27(13-15)24(31)32-14-20-18-10-6-4-8-16(18)17-9-5-7-11-19(17)20/h4-11,15,20-21H,12-14H2,1-3H3,(H,26,30)(H,28,29)/t15-,21-/m0/s1/i/hD. The van der Waals surface area contributed by atoms with Crippen molar-refractivity contribution in [1.82, 2.24) is 10.2 Å². The number of ether oxygens (including phenoxy) is 2. The van der Waals surface area contributed by atoms with E-state index in [0.29, 0.717) is 5.31 Å². The molecule has 2 aromatic rings. The Balaban J connectivity index is 1.46. The van der Waals surface area contributed by atoms with Gasteiger partial charge in [0.25, 0.3) is 0 Å². The summed E-state index contributed by atoms with van der Waals surface area (Å²) in [7, 11) is 0. The normalized spacial score (nSPS) is 20.0. The first-order valence-corrected chi connectivity index (χ1v) is 10.9. The van der Waals surface area contributed by atoms with Crippen LogP contribution in [-0.4, -0.2) is 59.0 Å². The lowest BCUT2D eigenvalue weighted by atomic mass is 9.98. The maximum Gasteiger partial charge on any atom is 0.410 e. The van der Waals surface area contributed by atoms with Crippen molar-refractivity contribution >= 4 is 18.2 Å². The molecule has 8 heteroatoms. The second-order valence-electron chi connectivity index (χ2n) is 9.31. The third-order valence-electron chi connectivity index (χ3n) is 5.82. The lowest BCUT2D eigenvalue weighted by Gasteiger charge is -2.23. The topological polar surface area (TPSA) is 105 Å². The summed E-state index contributed by atoms with van der Waals surface area (Å²) in [6, 6.07) is 13.8. The number of amides is 2. The minimum atomic E-state index is -1.21. The van der Waals surface area contributed by atoms with E-state index in [1.165, 1.54) is 0 Å². The van der Waals surface area contributed by atoms with Crippen molar-refractivity contribution in [2.24, 2.45) is 0 Å². The molecule has 1 fully saturated rings. The molecular formula is C25H28N2O6. The largest absolute Gasteiger partial charge is 0.480 e. The highest BCUT2D eigenvalue weighted by atomic mass is 16.6. The average Bonchev–Trinajstić information content (AvgIpc) is 3.36. The molecule has 1 aliphatic carbocycles. The van der Waals surface area contributed by atoms with E-state index in [2.05, 4.69) is 0 Å². The van der Waals surface area contributed by atoms with Crippen molar-refractivity contribution < 1.29 is 30.4 Å². The highest BCUT2D eigenvalue weighted by Crippen LogP contribution is 2.44. The minimum absolute atomic E-state index is 0.0526. The number of rotatable bonds is 4. The summed E-state index contributed by atoms with van der Waals surface area (Å²) in [5.41, 5.74) is 3.48. The van der Waals surface area contributed by atoms with Crippen molar-refractivity contribution in [2.45, 2.75) is 50.8 Å². The molecule has 2 aromatic carbocycles. The van der Waals surface area contributed by atoms with Crippen LogP contribution in [0, 0.1) is 0 Å². The highest BCUT2D eigenvalue weighted by Gasteiger charge is 2.42. The van der Waals surface area contributed by atoms with E-state index in [1.807, 2.05) is 48.5 Å². The molecule has 0 bridgehead atoms. The summed E-state index contributed by atoms with van der Waals surface area (Å²) in [6.07, 6.45) is -1.76. The summed E-state index contributed by atoms with van der Waals surface area (Å²) in [6.45, 7) is 4.96. The van der Waals surface area contributed by atoms with Gasteiger partial charge in [0.05, 0.1) is 6.04 Å². The van der Waals surface area contributed by atoms with Crippen molar-refractivity contribution in [3.63, 3.8) is 0 Å². The van der Waals surface area contributed by atoms with Gasteiger partial charge in [-0.05, 0) is 43.0 Å². The fourth-order valence-corrected chi connectivity index (χ4v) is 4.46. The van der Waals surface area contributed by atoms with Gasteiger partial charge in [0.15, 0.2) is 1.41 Å². The number of nitrogens with one attached hydrogen (secondary N) is 1. The van der Waals surface area contributed by atoms with Gasteiger partial charge in [-0.1, -0.05) is 48.5 Å². The van der Waals surface area contributed by atoms with Gasteiger partial charge in [-0.25, -0.2) is 14.4 Å². The quantitative estimate of drug-likeness (QED) is 0.725. The van der Waals surface area contributed by atoms with Crippen molar-refractivity contribution in [2.75, 3.05) is 13.2 Å². The van der Waals surface area contributed by atoms with Crippen LogP contribution in [0.1, 0.15) is 44.2 Å². The maximum atomic E-state index is 13.0. The number of carboxylic acid groups (broad SMARTS) is 1. The van der Waals surface area contributed by atoms with Crippen LogP contribution < -0.4 is 5.31 Å². The first kappa shape index (κ1) is 21.3. The zero-order valence-corrected chi connectivity index (χ0v) is 18.9. The molecule has 174 valence electrons. The fourth-order valence-electron chi connectivity index (χ4n) is 4.46. The monoisotopic (exact) mass is 453 g/mol. The van der Waals surface area contributed by atoms with Crippen LogP contribution >= 0.6 is 0 Å². The molecular weight excluding hydrogens is 424 g/mol. The van der Waals surface area contributed by atoms with Crippen LogP contribution in [-0.2, 0) is 14.3 Å². The average molecular weight is 454 g/mol. The van der Waals surface area contributed by atoms with Crippen LogP contribution in [0.15, 0.2) is 48.5 Å². The Labute approximate surface area is 193 Å². The van der Waals surface area contributed by atoms with Gasteiger partial charge in [-0.2, -0.15) is 0 Å². The number of benzene rings is 2. The van der Waals surface area contributed by atoms with Gasteiger partial charge < -0.3 is 19.9 Å². The SMILES string of the molecule is [2H]N(C(=O)OC(C)(C)C)[C@H]1C[C@@H](C(=O)O)N(C(=O)OCC2c3ccccc3-c3ccccc32)C1. The number of carbonyl (C=O) groups excluding carboxylic acids is 2. The summed E-state index contributed by atoms with van der Waals surface area (Å²) >= 11 is 0. The van der Waals surface area contributed by atoms with Crippen LogP contribution in [0.5, 0.6) is 0 Å². The molecule has 4 rings (SSSR count). The van der Waals surface area contributed by atoms with Gasteiger partial charge in [0.2, 0.25) is 0 Å². The number of likely N-dealkylation sites (tertiary alicyclic amines) is 1. The molecule has 0 radical (unpaired) electrons. The predicted octanol–water partition coefficient (Wildman–Crippen LogP) is 3.99. The summed E-state index contributed by atoms with van der Waals surface area (Å²) in [4.78, 5) is 38.1. The van der Waals surface area contributed by atoms with Crippen LogP contribution in [0.4, 0.5) is 9.59 Å². The van der Waals surface area contributed by atoms with E-state index < -0.39 is 35.8 Å². The third kappa shape index (κ3) is 4.79. The molecule has 1 aliphatic heterocycles. The van der Waals surface area contributed by atoms with Gasteiger partial charge in [0, 0.05) is 18.9 Å². The second kappa shape index (κ2) is 8.77. The molecule has 8 nitrogen and oxygen atoms in total. The lowest BCUT2D eigenvalue weighted by Crippen LogP contribution is -2.43. The second-order valence-corrected chi connectivity index (χ2v) is 9.31. The molecule has 1 saturated heterocycles. The van der Waals surface area contributed by atoms with Crippen LogP contribution in [0.2, 0.25) is 1.41 Å². The van der Waals surface area contributed by atoms with Crippen molar-refractivity contribution in [3.05, 3.63) is 59.7 Å². The van der Waals surface area contributed by atoms with E-state index in [-0.39, 0.29) is 25.5 Å². The highest BCUT2D eigenvalue weighted by molar-refractivity contribution is 5.82. The molecule has 2 atom stereocenters. The summed E-state index contributed by atoms with van der Waals surface area (Å²) in [5.74, 6) is -1.37.